The summed E-state index contributed by atoms with van der Waals surface area (Å²) >= 11 is 0. The van der Waals surface area contributed by atoms with Crippen LogP contribution in [0, 0.1) is 5.92 Å². The van der Waals surface area contributed by atoms with E-state index in [0.717, 1.165) is 32.4 Å². The van der Waals surface area contributed by atoms with Crippen molar-refractivity contribution in [3.05, 3.63) is 0 Å². The van der Waals surface area contributed by atoms with E-state index in [4.69, 9.17) is 5.73 Å². The van der Waals surface area contributed by atoms with Crippen LogP contribution >= 0.6 is 0 Å². The van der Waals surface area contributed by atoms with Crippen molar-refractivity contribution in [1.29, 1.82) is 0 Å². The SMILES string of the molecule is CC(C)CN1CCCCC12CN([C@H](C(N)=O)[C@@H](C)O)C2=O. The van der Waals surface area contributed by atoms with Gasteiger partial charge in [-0.2, -0.15) is 0 Å². The number of amides is 2. The first-order valence-corrected chi connectivity index (χ1v) is 7.83. The number of aliphatic hydroxyl groups is 1. The standard InChI is InChI=1S/C15H27N3O3/c1-10(2)8-17-7-5-4-6-15(17)9-18(14(15)21)12(11(3)19)13(16)20/h10-12,19H,4-9H2,1-3H3,(H2,16,20)/t11-,12+,15?/m1/s1. The number of carbonyl (C=O) groups is 2. The fourth-order valence-corrected chi connectivity index (χ4v) is 3.69. The molecular formula is C15H27N3O3. The average Bonchev–Trinajstić information content (AvgIpc) is 2.38. The van der Waals surface area contributed by atoms with Crippen LogP contribution in [0.5, 0.6) is 0 Å². The fourth-order valence-electron chi connectivity index (χ4n) is 3.69. The van der Waals surface area contributed by atoms with Gasteiger partial charge in [0.1, 0.15) is 11.6 Å². The molecule has 1 unspecified atom stereocenters. The predicted molar refractivity (Wildman–Crippen MR) is 79.4 cm³/mol. The largest absolute Gasteiger partial charge is 0.391 e. The highest BCUT2D eigenvalue weighted by Crippen LogP contribution is 2.39. The van der Waals surface area contributed by atoms with Crippen LogP contribution in [0.3, 0.4) is 0 Å². The van der Waals surface area contributed by atoms with Crippen LogP contribution in [0.15, 0.2) is 0 Å². The van der Waals surface area contributed by atoms with Gasteiger partial charge >= 0.3 is 0 Å². The van der Waals surface area contributed by atoms with Crippen LogP contribution in [0.2, 0.25) is 0 Å². The zero-order valence-electron chi connectivity index (χ0n) is 13.2. The molecule has 2 rings (SSSR count). The van der Waals surface area contributed by atoms with Gasteiger partial charge < -0.3 is 15.7 Å². The van der Waals surface area contributed by atoms with Gasteiger partial charge in [0.05, 0.1) is 6.10 Å². The summed E-state index contributed by atoms with van der Waals surface area (Å²) in [4.78, 5) is 28.0. The highest BCUT2D eigenvalue weighted by molar-refractivity contribution is 5.97. The number of piperidine rings is 1. The van der Waals surface area contributed by atoms with Crippen LogP contribution in [0.1, 0.15) is 40.0 Å². The number of hydrogen-bond acceptors (Lipinski definition) is 4. The van der Waals surface area contributed by atoms with E-state index in [0.29, 0.717) is 12.5 Å². The lowest BCUT2D eigenvalue weighted by molar-refractivity contribution is -0.180. The molecule has 0 aromatic rings. The Bertz CT molecular complexity index is 424. The Kier molecular flexibility index (Phi) is 4.58. The summed E-state index contributed by atoms with van der Waals surface area (Å²) in [6, 6.07) is -0.911. The molecule has 0 aromatic heterocycles. The molecule has 3 N–H and O–H groups in total. The van der Waals surface area contributed by atoms with Crippen molar-refractivity contribution < 1.29 is 14.7 Å². The van der Waals surface area contributed by atoms with Gasteiger partial charge in [-0.05, 0) is 38.6 Å². The van der Waals surface area contributed by atoms with Crippen LogP contribution in [-0.4, -0.2) is 64.0 Å². The summed E-state index contributed by atoms with van der Waals surface area (Å²) in [6.07, 6.45) is 2.04. The third-order valence-electron chi connectivity index (χ3n) is 4.63. The Morgan fingerprint density at radius 2 is 2.05 bits per heavy atom. The van der Waals surface area contributed by atoms with Crippen molar-refractivity contribution in [2.75, 3.05) is 19.6 Å². The van der Waals surface area contributed by atoms with Crippen molar-refractivity contribution in [3.8, 4) is 0 Å². The molecule has 120 valence electrons. The maximum Gasteiger partial charge on any atom is 0.245 e. The Hall–Kier alpha value is -1.14. The molecule has 2 aliphatic rings. The van der Waals surface area contributed by atoms with E-state index >= 15 is 0 Å². The summed E-state index contributed by atoms with van der Waals surface area (Å²) in [5.41, 5.74) is 4.87. The monoisotopic (exact) mass is 297 g/mol. The lowest BCUT2D eigenvalue weighted by Gasteiger charge is -2.58. The van der Waals surface area contributed by atoms with E-state index in [-0.39, 0.29) is 5.91 Å². The molecule has 0 aliphatic carbocycles. The normalized spacial score (nSPS) is 29.6. The van der Waals surface area contributed by atoms with Gasteiger partial charge in [-0.3, -0.25) is 14.5 Å². The van der Waals surface area contributed by atoms with Gasteiger partial charge in [-0.15, -0.1) is 0 Å². The smallest absolute Gasteiger partial charge is 0.245 e. The number of β-lactam (4-membered cyclic amide) rings is 1. The molecule has 2 heterocycles. The first-order chi connectivity index (χ1) is 9.79. The summed E-state index contributed by atoms with van der Waals surface area (Å²) in [7, 11) is 0. The molecule has 2 aliphatic heterocycles. The quantitative estimate of drug-likeness (QED) is 0.696. The molecule has 0 radical (unpaired) electrons. The van der Waals surface area contributed by atoms with Crippen molar-refractivity contribution >= 4 is 11.8 Å². The van der Waals surface area contributed by atoms with Gasteiger partial charge in [-0.25, -0.2) is 0 Å². The molecule has 2 fully saturated rings. The molecular weight excluding hydrogens is 270 g/mol. The first-order valence-electron chi connectivity index (χ1n) is 7.83. The molecule has 0 bridgehead atoms. The number of aliphatic hydroxyl groups excluding tert-OH is 1. The third-order valence-corrected chi connectivity index (χ3v) is 4.63. The molecule has 2 saturated heterocycles. The minimum Gasteiger partial charge on any atom is -0.391 e. The maximum atomic E-state index is 12.7. The van der Waals surface area contributed by atoms with Crippen molar-refractivity contribution in [2.24, 2.45) is 11.7 Å². The van der Waals surface area contributed by atoms with Crippen molar-refractivity contribution in [2.45, 2.75) is 57.7 Å². The number of hydrogen-bond donors (Lipinski definition) is 2. The molecule has 1 spiro atoms. The van der Waals surface area contributed by atoms with E-state index in [1.54, 1.807) is 0 Å². The number of nitrogens with two attached hydrogens (primary N) is 1. The van der Waals surface area contributed by atoms with E-state index in [1.807, 2.05) is 0 Å². The number of likely N-dealkylation sites (tertiary alicyclic amines) is 2. The predicted octanol–water partition coefficient (Wildman–Crippen LogP) is -0.0560. The lowest BCUT2D eigenvalue weighted by atomic mass is 9.77. The second kappa shape index (κ2) is 5.93. The Balaban J connectivity index is 2.15. The van der Waals surface area contributed by atoms with E-state index in [9.17, 15) is 14.7 Å². The second-order valence-electron chi connectivity index (χ2n) is 6.85. The summed E-state index contributed by atoms with van der Waals surface area (Å²) in [5.74, 6) is -0.197. The lowest BCUT2D eigenvalue weighted by Crippen LogP contribution is -2.79. The Morgan fingerprint density at radius 3 is 2.52 bits per heavy atom. The minimum absolute atomic E-state index is 0.0486. The fraction of sp³-hybridized carbons (Fsp3) is 0.867. The minimum atomic E-state index is -0.939. The molecule has 3 atom stereocenters. The van der Waals surface area contributed by atoms with E-state index in [2.05, 4.69) is 18.7 Å². The summed E-state index contributed by atoms with van der Waals surface area (Å²) < 4.78 is 0. The van der Waals surface area contributed by atoms with Crippen LogP contribution in [0.25, 0.3) is 0 Å². The Labute approximate surface area is 126 Å². The second-order valence-corrected chi connectivity index (χ2v) is 6.85. The number of primary amides is 1. The molecule has 6 nitrogen and oxygen atoms in total. The van der Waals surface area contributed by atoms with Gasteiger partial charge in [0.25, 0.3) is 0 Å². The molecule has 6 heteroatoms. The van der Waals surface area contributed by atoms with Crippen LogP contribution < -0.4 is 5.73 Å². The van der Waals surface area contributed by atoms with Gasteiger partial charge in [0, 0.05) is 13.1 Å². The molecule has 2 amide bonds. The van der Waals surface area contributed by atoms with Crippen LogP contribution in [-0.2, 0) is 9.59 Å². The molecule has 21 heavy (non-hydrogen) atoms. The van der Waals surface area contributed by atoms with Crippen molar-refractivity contribution in [1.82, 2.24) is 9.80 Å². The third kappa shape index (κ3) is 2.79. The van der Waals surface area contributed by atoms with Gasteiger partial charge in [-0.1, -0.05) is 13.8 Å². The average molecular weight is 297 g/mol. The number of rotatable bonds is 5. The topological polar surface area (TPSA) is 86.9 Å². The summed E-state index contributed by atoms with van der Waals surface area (Å²) in [6.45, 7) is 8.09. The van der Waals surface area contributed by atoms with Crippen molar-refractivity contribution in [3.63, 3.8) is 0 Å². The first kappa shape index (κ1) is 16.2. The highest BCUT2D eigenvalue weighted by atomic mass is 16.3. The number of carbonyl (C=O) groups excluding carboxylic acids is 2. The van der Waals surface area contributed by atoms with E-state index in [1.165, 1.54) is 11.8 Å². The maximum absolute atomic E-state index is 12.7. The Morgan fingerprint density at radius 1 is 1.38 bits per heavy atom. The summed E-state index contributed by atoms with van der Waals surface area (Å²) in [5, 5.41) is 9.73. The van der Waals surface area contributed by atoms with E-state index < -0.39 is 23.6 Å². The van der Waals surface area contributed by atoms with Crippen LogP contribution in [0.4, 0.5) is 0 Å². The van der Waals surface area contributed by atoms with Gasteiger partial charge in [0.2, 0.25) is 11.8 Å². The molecule has 0 saturated carbocycles. The molecule has 0 aromatic carbocycles. The zero-order chi connectivity index (χ0) is 15.8. The van der Waals surface area contributed by atoms with Gasteiger partial charge in [0.15, 0.2) is 0 Å². The highest BCUT2D eigenvalue weighted by Gasteiger charge is 2.59. The zero-order valence-corrected chi connectivity index (χ0v) is 13.2. The number of nitrogens with zero attached hydrogens (tertiary/aromatic N) is 2.